The lowest BCUT2D eigenvalue weighted by Gasteiger charge is -2.36. The summed E-state index contributed by atoms with van der Waals surface area (Å²) < 4.78 is 11.1. The van der Waals surface area contributed by atoms with Crippen LogP contribution in [0.3, 0.4) is 0 Å². The van der Waals surface area contributed by atoms with Gasteiger partial charge in [0.05, 0.1) is 11.6 Å². The highest BCUT2D eigenvalue weighted by molar-refractivity contribution is 6.32. The number of fused-ring (bicyclic) bond motifs is 1. The van der Waals surface area contributed by atoms with Gasteiger partial charge in [-0.15, -0.1) is 0 Å². The molecule has 6 nitrogen and oxygen atoms in total. The summed E-state index contributed by atoms with van der Waals surface area (Å²) in [5.74, 6) is 1.09. The Balaban J connectivity index is 1.60. The molecule has 0 unspecified atom stereocenters. The molecule has 1 spiro atoms. The zero-order valence-electron chi connectivity index (χ0n) is 14.1. The van der Waals surface area contributed by atoms with E-state index in [1.165, 1.54) is 4.90 Å². The lowest BCUT2D eigenvalue weighted by atomic mass is 9.73. The number of nitrogens with zero attached hydrogens (tertiary/aromatic N) is 1. The summed E-state index contributed by atoms with van der Waals surface area (Å²) >= 11 is 6.26. The van der Waals surface area contributed by atoms with Crippen LogP contribution in [-0.4, -0.2) is 35.6 Å². The summed E-state index contributed by atoms with van der Waals surface area (Å²) in [4.78, 5) is 26.8. The van der Waals surface area contributed by atoms with Crippen molar-refractivity contribution in [1.29, 1.82) is 0 Å². The number of amides is 3. The summed E-state index contributed by atoms with van der Waals surface area (Å²) in [6, 6.07) is 3.19. The molecule has 25 heavy (non-hydrogen) atoms. The predicted octanol–water partition coefficient (Wildman–Crippen LogP) is 3.11. The molecule has 0 radical (unpaired) electrons. The van der Waals surface area contributed by atoms with Crippen molar-refractivity contribution < 1.29 is 19.1 Å². The standard InChI is InChI=1S/C18H21ClN2O4/c1-11-4-2-3-5-18(11)16(22)21(17(23)20-18)10-12-8-13(19)15-14(9-12)24-6-7-25-15/h8-9,11H,2-7,10H2,1H3,(H,20,23)/t11-,18-/m0/s1. The number of ether oxygens (including phenoxy) is 2. The molecule has 3 amide bonds. The van der Waals surface area contributed by atoms with E-state index in [2.05, 4.69) is 5.32 Å². The molecule has 1 saturated carbocycles. The van der Waals surface area contributed by atoms with Crippen LogP contribution in [0, 0.1) is 5.92 Å². The van der Waals surface area contributed by atoms with Crippen molar-refractivity contribution in [2.75, 3.05) is 13.2 Å². The molecule has 0 aromatic heterocycles. The smallest absolute Gasteiger partial charge is 0.325 e. The molecule has 2 fully saturated rings. The van der Waals surface area contributed by atoms with Crippen LogP contribution in [-0.2, 0) is 11.3 Å². The normalized spacial score (nSPS) is 28.4. The molecule has 1 N–H and O–H groups in total. The van der Waals surface area contributed by atoms with Crippen LogP contribution < -0.4 is 14.8 Å². The molecule has 1 saturated heterocycles. The average molecular weight is 365 g/mol. The number of carbonyl (C=O) groups excluding carboxylic acids is 2. The fourth-order valence-corrected chi connectivity index (χ4v) is 4.36. The Morgan fingerprint density at radius 3 is 2.88 bits per heavy atom. The van der Waals surface area contributed by atoms with Gasteiger partial charge in [-0.3, -0.25) is 9.69 Å². The Bertz CT molecular complexity index is 738. The Hall–Kier alpha value is -1.95. The molecule has 4 rings (SSSR count). The number of rotatable bonds is 2. The second kappa shape index (κ2) is 6.09. The van der Waals surface area contributed by atoms with Gasteiger partial charge in [0.25, 0.3) is 5.91 Å². The first kappa shape index (κ1) is 16.5. The van der Waals surface area contributed by atoms with Crippen molar-refractivity contribution in [3.05, 3.63) is 22.7 Å². The summed E-state index contributed by atoms with van der Waals surface area (Å²) in [5.41, 5.74) is 0.00528. The van der Waals surface area contributed by atoms with Crippen LogP contribution in [0.1, 0.15) is 38.2 Å². The van der Waals surface area contributed by atoms with Gasteiger partial charge in [0.1, 0.15) is 18.8 Å². The van der Waals surface area contributed by atoms with Crippen molar-refractivity contribution in [3.63, 3.8) is 0 Å². The summed E-state index contributed by atoms with van der Waals surface area (Å²) in [6.45, 7) is 3.13. The number of benzene rings is 1. The average Bonchev–Trinajstić information content (AvgIpc) is 2.83. The molecular formula is C18H21ClN2O4. The van der Waals surface area contributed by atoms with Crippen LogP contribution in [0.15, 0.2) is 12.1 Å². The highest BCUT2D eigenvalue weighted by Gasteiger charge is 2.54. The number of hydrogen-bond acceptors (Lipinski definition) is 4. The number of urea groups is 1. The molecule has 2 atom stereocenters. The van der Waals surface area contributed by atoms with Gasteiger partial charge < -0.3 is 14.8 Å². The maximum atomic E-state index is 13.0. The first-order valence-corrected chi connectivity index (χ1v) is 9.11. The van der Waals surface area contributed by atoms with Crippen molar-refractivity contribution in [3.8, 4) is 11.5 Å². The lowest BCUT2D eigenvalue weighted by molar-refractivity contribution is -0.134. The van der Waals surface area contributed by atoms with Crippen LogP contribution in [0.5, 0.6) is 11.5 Å². The van der Waals surface area contributed by atoms with E-state index in [-0.39, 0.29) is 24.4 Å². The molecule has 2 heterocycles. The SMILES string of the molecule is C[C@H]1CCCC[C@]12NC(=O)N(Cc1cc(Cl)c3c(c1)OCCO3)C2=O. The third-order valence-corrected chi connectivity index (χ3v) is 5.78. The third kappa shape index (κ3) is 2.63. The van der Waals surface area contributed by atoms with Crippen molar-refractivity contribution in [2.24, 2.45) is 5.92 Å². The molecular weight excluding hydrogens is 344 g/mol. The second-order valence-electron chi connectivity index (χ2n) is 7.04. The largest absolute Gasteiger partial charge is 0.486 e. The second-order valence-corrected chi connectivity index (χ2v) is 7.45. The fraction of sp³-hybridized carbons (Fsp3) is 0.556. The van der Waals surface area contributed by atoms with Crippen molar-refractivity contribution in [2.45, 2.75) is 44.7 Å². The highest BCUT2D eigenvalue weighted by atomic mass is 35.5. The van der Waals surface area contributed by atoms with Gasteiger partial charge in [0.2, 0.25) is 0 Å². The highest BCUT2D eigenvalue weighted by Crippen LogP contribution is 2.41. The van der Waals surface area contributed by atoms with E-state index in [4.69, 9.17) is 21.1 Å². The Morgan fingerprint density at radius 1 is 1.28 bits per heavy atom. The van der Waals surface area contributed by atoms with E-state index in [1.54, 1.807) is 12.1 Å². The minimum absolute atomic E-state index is 0.129. The number of imide groups is 1. The van der Waals surface area contributed by atoms with E-state index < -0.39 is 5.54 Å². The van der Waals surface area contributed by atoms with Crippen LogP contribution in [0.4, 0.5) is 4.79 Å². The Morgan fingerprint density at radius 2 is 2.08 bits per heavy atom. The Labute approximate surface area is 151 Å². The van der Waals surface area contributed by atoms with Crippen molar-refractivity contribution >= 4 is 23.5 Å². The summed E-state index contributed by atoms with van der Waals surface area (Å²) in [5, 5.41) is 3.40. The zero-order valence-corrected chi connectivity index (χ0v) is 14.9. The minimum Gasteiger partial charge on any atom is -0.486 e. The van der Waals surface area contributed by atoms with E-state index >= 15 is 0 Å². The van der Waals surface area contributed by atoms with Gasteiger partial charge in [-0.1, -0.05) is 31.4 Å². The lowest BCUT2D eigenvalue weighted by Crippen LogP contribution is -2.53. The number of nitrogens with one attached hydrogen (secondary N) is 1. The van der Waals surface area contributed by atoms with Gasteiger partial charge in [0, 0.05) is 0 Å². The number of halogens is 1. The molecule has 2 aliphatic heterocycles. The molecule has 0 bridgehead atoms. The van der Waals surface area contributed by atoms with E-state index in [1.807, 2.05) is 6.92 Å². The summed E-state index contributed by atoms with van der Waals surface area (Å²) in [7, 11) is 0. The Kier molecular flexibility index (Phi) is 4.02. The van der Waals surface area contributed by atoms with Crippen LogP contribution in [0.25, 0.3) is 0 Å². The number of hydrogen-bond donors (Lipinski definition) is 1. The number of carbonyl (C=O) groups is 2. The van der Waals surface area contributed by atoms with Gasteiger partial charge in [0.15, 0.2) is 11.5 Å². The zero-order chi connectivity index (χ0) is 17.6. The molecule has 1 aliphatic carbocycles. The van der Waals surface area contributed by atoms with E-state index in [9.17, 15) is 9.59 Å². The first-order chi connectivity index (χ1) is 12.0. The van der Waals surface area contributed by atoms with Gasteiger partial charge >= 0.3 is 6.03 Å². The third-order valence-electron chi connectivity index (χ3n) is 5.50. The first-order valence-electron chi connectivity index (χ1n) is 8.73. The quantitative estimate of drug-likeness (QED) is 0.819. The summed E-state index contributed by atoms with van der Waals surface area (Å²) in [6.07, 6.45) is 3.72. The minimum atomic E-state index is -0.743. The van der Waals surface area contributed by atoms with Crippen LogP contribution in [0.2, 0.25) is 5.02 Å². The maximum Gasteiger partial charge on any atom is 0.325 e. The van der Waals surface area contributed by atoms with Gasteiger partial charge in [-0.25, -0.2) is 4.79 Å². The van der Waals surface area contributed by atoms with Gasteiger partial charge in [-0.2, -0.15) is 0 Å². The predicted molar refractivity (Wildman–Crippen MR) is 91.9 cm³/mol. The topological polar surface area (TPSA) is 67.9 Å². The van der Waals surface area contributed by atoms with Gasteiger partial charge in [-0.05, 0) is 36.5 Å². The molecule has 134 valence electrons. The monoisotopic (exact) mass is 364 g/mol. The molecule has 7 heteroatoms. The molecule has 1 aromatic carbocycles. The van der Waals surface area contributed by atoms with E-state index in [0.717, 1.165) is 24.8 Å². The fourth-order valence-electron chi connectivity index (χ4n) is 4.08. The maximum absolute atomic E-state index is 13.0. The molecule has 3 aliphatic rings. The van der Waals surface area contributed by atoms with Crippen LogP contribution >= 0.6 is 11.6 Å². The molecule has 1 aromatic rings. The van der Waals surface area contributed by atoms with E-state index in [0.29, 0.717) is 36.2 Å². The van der Waals surface area contributed by atoms with Crippen molar-refractivity contribution in [1.82, 2.24) is 10.2 Å².